The second-order valence-corrected chi connectivity index (χ2v) is 5.06. The molecule has 2 amide bonds. The van der Waals surface area contributed by atoms with Crippen LogP contribution in [0.4, 0.5) is 5.69 Å². The third-order valence-electron chi connectivity index (χ3n) is 3.51. The average molecular weight is 275 g/mol. The van der Waals surface area contributed by atoms with Crippen LogP contribution in [0.3, 0.4) is 0 Å². The van der Waals surface area contributed by atoms with E-state index >= 15 is 0 Å². The maximum absolute atomic E-state index is 12.2. The molecule has 2 aliphatic heterocycles. The first-order valence-corrected chi connectivity index (χ1v) is 6.80. The number of nitrogens with one attached hydrogen (secondary N) is 3. The van der Waals surface area contributed by atoms with Crippen LogP contribution in [0, 0.1) is 0 Å². The molecule has 0 spiro atoms. The Morgan fingerprint density at radius 3 is 3.10 bits per heavy atom. The Labute approximate surface area is 116 Å². The number of amides is 2. The van der Waals surface area contributed by atoms with E-state index in [2.05, 4.69) is 16.0 Å². The van der Waals surface area contributed by atoms with Crippen LogP contribution in [0.5, 0.6) is 5.75 Å². The molecule has 1 fully saturated rings. The molecule has 106 valence electrons. The first kappa shape index (κ1) is 12.9. The molecule has 0 aromatic heterocycles. The molecular formula is C14H17N3O3. The minimum absolute atomic E-state index is 0.0201. The summed E-state index contributed by atoms with van der Waals surface area (Å²) in [5.74, 6) is 0.272. The SMILES string of the molecule is O=C1COc2ccc(C(=O)N[C@H]3CCCNC3)cc2N1. The molecule has 1 atom stereocenters. The highest BCUT2D eigenvalue weighted by atomic mass is 16.5. The number of anilines is 1. The van der Waals surface area contributed by atoms with Crippen molar-refractivity contribution in [2.45, 2.75) is 18.9 Å². The zero-order chi connectivity index (χ0) is 13.9. The van der Waals surface area contributed by atoms with Gasteiger partial charge < -0.3 is 20.7 Å². The van der Waals surface area contributed by atoms with Crippen molar-refractivity contribution in [3.8, 4) is 5.75 Å². The van der Waals surface area contributed by atoms with Crippen LogP contribution in [0.2, 0.25) is 0 Å². The van der Waals surface area contributed by atoms with Gasteiger partial charge in [-0.25, -0.2) is 0 Å². The molecule has 3 rings (SSSR count). The Hall–Kier alpha value is -2.08. The average Bonchev–Trinajstić information content (AvgIpc) is 2.47. The number of hydrogen-bond donors (Lipinski definition) is 3. The number of carbonyl (C=O) groups excluding carboxylic acids is 2. The van der Waals surface area contributed by atoms with Crippen molar-refractivity contribution in [3.63, 3.8) is 0 Å². The lowest BCUT2D eigenvalue weighted by Crippen LogP contribution is -2.45. The van der Waals surface area contributed by atoms with Crippen LogP contribution in [-0.2, 0) is 4.79 Å². The summed E-state index contributed by atoms with van der Waals surface area (Å²) in [5.41, 5.74) is 1.08. The predicted octanol–water partition coefficient (Wildman–Crippen LogP) is 0.499. The number of hydrogen-bond acceptors (Lipinski definition) is 4. The molecule has 20 heavy (non-hydrogen) atoms. The standard InChI is InChI=1S/C14H17N3O3/c18-13-8-20-12-4-3-9(6-11(12)17-13)14(19)16-10-2-1-5-15-7-10/h3-4,6,10,15H,1-2,5,7-8H2,(H,16,19)(H,17,18)/t10-/m0/s1. The van der Waals surface area contributed by atoms with Crippen molar-refractivity contribution < 1.29 is 14.3 Å². The highest BCUT2D eigenvalue weighted by molar-refractivity contribution is 5.99. The Balaban J connectivity index is 1.71. The molecule has 6 heteroatoms. The van der Waals surface area contributed by atoms with E-state index in [0.717, 1.165) is 25.9 Å². The molecule has 1 saturated heterocycles. The lowest BCUT2D eigenvalue weighted by atomic mass is 10.1. The van der Waals surface area contributed by atoms with E-state index < -0.39 is 0 Å². The second-order valence-electron chi connectivity index (χ2n) is 5.06. The fourth-order valence-corrected chi connectivity index (χ4v) is 2.47. The van der Waals surface area contributed by atoms with Gasteiger partial charge in [0.2, 0.25) is 0 Å². The molecule has 2 aliphatic rings. The van der Waals surface area contributed by atoms with Gasteiger partial charge in [-0.05, 0) is 37.6 Å². The smallest absolute Gasteiger partial charge is 0.262 e. The van der Waals surface area contributed by atoms with Gasteiger partial charge in [0.1, 0.15) is 5.75 Å². The molecule has 2 heterocycles. The van der Waals surface area contributed by atoms with Crippen molar-refractivity contribution in [3.05, 3.63) is 23.8 Å². The maximum atomic E-state index is 12.2. The van der Waals surface area contributed by atoms with Crippen LogP contribution >= 0.6 is 0 Å². The number of carbonyl (C=O) groups is 2. The lowest BCUT2D eigenvalue weighted by Gasteiger charge is -2.24. The van der Waals surface area contributed by atoms with Crippen molar-refractivity contribution in [2.75, 3.05) is 25.0 Å². The van der Waals surface area contributed by atoms with E-state index in [1.165, 1.54) is 0 Å². The summed E-state index contributed by atoms with van der Waals surface area (Å²) in [6.45, 7) is 1.83. The third-order valence-corrected chi connectivity index (χ3v) is 3.51. The van der Waals surface area contributed by atoms with Crippen molar-refractivity contribution in [1.82, 2.24) is 10.6 Å². The summed E-state index contributed by atoms with van der Waals surface area (Å²) in [6.07, 6.45) is 2.06. The minimum atomic E-state index is -0.202. The quantitative estimate of drug-likeness (QED) is 0.734. The van der Waals surface area contributed by atoms with E-state index in [1.807, 2.05) is 0 Å². The summed E-state index contributed by atoms with van der Waals surface area (Å²) < 4.78 is 5.27. The van der Waals surface area contributed by atoms with Crippen LogP contribution in [-0.4, -0.2) is 37.6 Å². The zero-order valence-corrected chi connectivity index (χ0v) is 11.1. The van der Waals surface area contributed by atoms with Crippen LogP contribution in [0.25, 0.3) is 0 Å². The highest BCUT2D eigenvalue weighted by Crippen LogP contribution is 2.28. The molecule has 6 nitrogen and oxygen atoms in total. The van der Waals surface area contributed by atoms with Crippen molar-refractivity contribution in [2.24, 2.45) is 0 Å². The largest absolute Gasteiger partial charge is 0.482 e. The van der Waals surface area contributed by atoms with Crippen LogP contribution in [0.15, 0.2) is 18.2 Å². The Kier molecular flexibility index (Phi) is 3.56. The monoisotopic (exact) mass is 275 g/mol. The van der Waals surface area contributed by atoms with Crippen LogP contribution < -0.4 is 20.7 Å². The normalized spacial score (nSPS) is 21.4. The highest BCUT2D eigenvalue weighted by Gasteiger charge is 2.20. The van der Waals surface area contributed by atoms with Gasteiger partial charge in [0.05, 0.1) is 5.69 Å². The summed E-state index contributed by atoms with van der Waals surface area (Å²) in [7, 11) is 0. The number of fused-ring (bicyclic) bond motifs is 1. The topological polar surface area (TPSA) is 79.5 Å². The molecule has 0 radical (unpaired) electrons. The van der Waals surface area contributed by atoms with Crippen LogP contribution in [0.1, 0.15) is 23.2 Å². The van der Waals surface area contributed by atoms with E-state index in [0.29, 0.717) is 17.0 Å². The molecule has 0 aliphatic carbocycles. The Bertz CT molecular complexity index is 538. The third kappa shape index (κ3) is 2.75. The molecule has 0 saturated carbocycles. The van der Waals surface area contributed by atoms with E-state index in [-0.39, 0.29) is 24.5 Å². The predicted molar refractivity (Wildman–Crippen MR) is 73.9 cm³/mol. The summed E-state index contributed by atoms with van der Waals surface area (Å²) in [6, 6.07) is 5.24. The first-order valence-electron chi connectivity index (χ1n) is 6.80. The van der Waals surface area contributed by atoms with Gasteiger partial charge in [-0.15, -0.1) is 0 Å². The van der Waals surface area contributed by atoms with Gasteiger partial charge >= 0.3 is 0 Å². The van der Waals surface area contributed by atoms with Gasteiger partial charge in [-0.2, -0.15) is 0 Å². The second kappa shape index (κ2) is 5.50. The fourth-order valence-electron chi connectivity index (χ4n) is 2.47. The summed E-state index contributed by atoms with van der Waals surface area (Å²) in [5, 5.41) is 8.96. The molecular weight excluding hydrogens is 258 g/mol. The van der Waals surface area contributed by atoms with Gasteiger partial charge in [0, 0.05) is 18.2 Å². The number of benzene rings is 1. The van der Waals surface area contributed by atoms with Gasteiger partial charge in [-0.3, -0.25) is 9.59 Å². The van der Waals surface area contributed by atoms with Gasteiger partial charge in [0.15, 0.2) is 6.61 Å². The molecule has 0 bridgehead atoms. The molecule has 1 aromatic carbocycles. The molecule has 3 N–H and O–H groups in total. The number of piperidine rings is 1. The van der Waals surface area contributed by atoms with Gasteiger partial charge in [0.25, 0.3) is 11.8 Å². The first-order chi connectivity index (χ1) is 9.72. The van der Waals surface area contributed by atoms with Crippen molar-refractivity contribution in [1.29, 1.82) is 0 Å². The van der Waals surface area contributed by atoms with E-state index in [4.69, 9.17) is 4.74 Å². The molecule has 1 aromatic rings. The zero-order valence-electron chi connectivity index (χ0n) is 11.1. The summed E-state index contributed by atoms with van der Waals surface area (Å²) >= 11 is 0. The fraction of sp³-hybridized carbons (Fsp3) is 0.429. The maximum Gasteiger partial charge on any atom is 0.262 e. The Morgan fingerprint density at radius 2 is 2.30 bits per heavy atom. The number of ether oxygens (including phenoxy) is 1. The number of rotatable bonds is 2. The van der Waals surface area contributed by atoms with E-state index in [1.54, 1.807) is 18.2 Å². The summed E-state index contributed by atoms with van der Waals surface area (Å²) in [4.78, 5) is 23.5. The van der Waals surface area contributed by atoms with E-state index in [9.17, 15) is 9.59 Å². The van der Waals surface area contributed by atoms with Gasteiger partial charge in [-0.1, -0.05) is 0 Å². The minimum Gasteiger partial charge on any atom is -0.482 e. The Morgan fingerprint density at radius 1 is 1.40 bits per heavy atom. The lowest BCUT2D eigenvalue weighted by molar-refractivity contribution is -0.118. The molecule has 0 unspecified atom stereocenters. The van der Waals surface area contributed by atoms with Crippen molar-refractivity contribution >= 4 is 17.5 Å².